The molecule has 6 nitrogen and oxygen atoms in total. The average Bonchev–Trinajstić information content (AvgIpc) is 3.23. The van der Waals surface area contributed by atoms with Gasteiger partial charge in [0.2, 0.25) is 5.91 Å². The Morgan fingerprint density at radius 1 is 1.29 bits per heavy atom. The normalized spacial score (nSPS) is 18.4. The number of thioether (sulfide) groups is 1. The van der Waals surface area contributed by atoms with E-state index in [-0.39, 0.29) is 35.0 Å². The van der Waals surface area contributed by atoms with Gasteiger partial charge in [-0.15, -0.1) is 11.3 Å². The maximum absolute atomic E-state index is 13.1. The van der Waals surface area contributed by atoms with E-state index in [2.05, 4.69) is 15.3 Å². The first-order chi connectivity index (χ1) is 13.4. The molecule has 0 radical (unpaired) electrons. The molecule has 3 aromatic rings. The van der Waals surface area contributed by atoms with Crippen molar-refractivity contribution >= 4 is 49.1 Å². The van der Waals surface area contributed by atoms with E-state index in [4.69, 9.17) is 0 Å². The number of thiophene rings is 1. The first-order valence-corrected chi connectivity index (χ1v) is 12.1. The summed E-state index contributed by atoms with van der Waals surface area (Å²) in [6, 6.07) is 7.86. The summed E-state index contributed by atoms with van der Waals surface area (Å²) in [6.45, 7) is 0. The molecule has 1 atom stereocenters. The smallest absolute Gasteiger partial charge is 0.230 e. The van der Waals surface area contributed by atoms with Crippen molar-refractivity contribution in [2.45, 2.75) is 17.5 Å². The molecule has 1 saturated heterocycles. The van der Waals surface area contributed by atoms with Crippen LogP contribution in [0, 0.1) is 5.82 Å². The minimum atomic E-state index is -3.03. The number of sulfone groups is 1. The monoisotopic (exact) mass is 437 g/mol. The molecule has 1 N–H and O–H groups in total. The van der Waals surface area contributed by atoms with Gasteiger partial charge in [0.05, 0.1) is 27.5 Å². The number of fused-ring (bicyclic) bond motifs is 1. The SMILES string of the molecule is O=C(CSc1ncnc2cc(-c3ccc(F)cc3)sc12)N[C@@H]1CCS(=O)(=O)C1. The van der Waals surface area contributed by atoms with Gasteiger partial charge in [0.15, 0.2) is 9.84 Å². The Morgan fingerprint density at radius 2 is 2.07 bits per heavy atom. The highest BCUT2D eigenvalue weighted by Crippen LogP contribution is 2.36. The van der Waals surface area contributed by atoms with E-state index in [1.54, 1.807) is 12.1 Å². The van der Waals surface area contributed by atoms with Crippen molar-refractivity contribution in [2.75, 3.05) is 17.3 Å². The first kappa shape index (κ1) is 19.3. The van der Waals surface area contributed by atoms with Crippen LogP contribution in [0.15, 0.2) is 41.7 Å². The van der Waals surface area contributed by atoms with Crippen LogP contribution >= 0.6 is 23.1 Å². The maximum Gasteiger partial charge on any atom is 0.230 e. The number of aromatic nitrogens is 2. The Morgan fingerprint density at radius 3 is 2.79 bits per heavy atom. The van der Waals surface area contributed by atoms with Crippen LogP contribution < -0.4 is 5.32 Å². The second kappa shape index (κ2) is 7.76. The molecule has 0 unspecified atom stereocenters. The first-order valence-electron chi connectivity index (χ1n) is 8.53. The molecule has 3 heterocycles. The van der Waals surface area contributed by atoms with Gasteiger partial charge in [-0.3, -0.25) is 4.79 Å². The fourth-order valence-corrected chi connectivity index (χ4v) is 6.69. The molecule has 0 spiro atoms. The molecule has 0 saturated carbocycles. The lowest BCUT2D eigenvalue weighted by Crippen LogP contribution is -2.36. The lowest BCUT2D eigenvalue weighted by atomic mass is 10.2. The quantitative estimate of drug-likeness (QED) is 0.488. The Kier molecular flexibility index (Phi) is 5.35. The number of nitrogens with one attached hydrogen (secondary N) is 1. The van der Waals surface area contributed by atoms with E-state index in [9.17, 15) is 17.6 Å². The fourth-order valence-electron chi connectivity index (χ4n) is 3.00. The zero-order valence-corrected chi connectivity index (χ0v) is 17.0. The van der Waals surface area contributed by atoms with Gasteiger partial charge in [0.25, 0.3) is 0 Å². The second-order valence-corrected chi connectivity index (χ2v) is 10.7. The van der Waals surface area contributed by atoms with Gasteiger partial charge in [-0.1, -0.05) is 23.9 Å². The summed E-state index contributed by atoms with van der Waals surface area (Å²) in [5.74, 6) is -0.227. The molecule has 1 fully saturated rings. The number of carbonyl (C=O) groups is 1. The molecule has 0 bridgehead atoms. The highest BCUT2D eigenvalue weighted by molar-refractivity contribution is 8.00. The number of hydrogen-bond donors (Lipinski definition) is 1. The van der Waals surface area contributed by atoms with Gasteiger partial charge in [-0.25, -0.2) is 22.8 Å². The van der Waals surface area contributed by atoms with E-state index in [1.807, 2.05) is 6.07 Å². The predicted octanol–water partition coefficient (Wildman–Crippen LogP) is 2.89. The van der Waals surface area contributed by atoms with Crippen LogP contribution in [0.1, 0.15) is 6.42 Å². The molecule has 146 valence electrons. The van der Waals surface area contributed by atoms with Crippen molar-refractivity contribution in [1.29, 1.82) is 0 Å². The van der Waals surface area contributed by atoms with Crippen molar-refractivity contribution in [3.63, 3.8) is 0 Å². The number of halogens is 1. The highest BCUT2D eigenvalue weighted by Gasteiger charge is 2.28. The molecular formula is C18H16FN3O3S3. The van der Waals surface area contributed by atoms with E-state index >= 15 is 0 Å². The number of rotatable bonds is 5. The van der Waals surface area contributed by atoms with Crippen molar-refractivity contribution in [1.82, 2.24) is 15.3 Å². The van der Waals surface area contributed by atoms with Crippen LogP contribution in [-0.2, 0) is 14.6 Å². The van der Waals surface area contributed by atoms with Gasteiger partial charge >= 0.3 is 0 Å². The summed E-state index contributed by atoms with van der Waals surface area (Å²) in [4.78, 5) is 21.7. The maximum atomic E-state index is 13.1. The van der Waals surface area contributed by atoms with Gasteiger partial charge in [0, 0.05) is 10.9 Å². The van der Waals surface area contributed by atoms with E-state index in [1.165, 1.54) is 41.6 Å². The number of benzene rings is 1. The molecule has 1 aromatic carbocycles. The summed E-state index contributed by atoms with van der Waals surface area (Å²) in [5.41, 5.74) is 1.66. The van der Waals surface area contributed by atoms with E-state index < -0.39 is 9.84 Å². The molecule has 1 amide bonds. The van der Waals surface area contributed by atoms with Crippen molar-refractivity contribution < 1.29 is 17.6 Å². The van der Waals surface area contributed by atoms with Crippen molar-refractivity contribution in [3.05, 3.63) is 42.5 Å². The third-order valence-corrected chi connectivity index (χ3v) is 8.41. The van der Waals surface area contributed by atoms with Crippen LogP contribution in [0.3, 0.4) is 0 Å². The minimum absolute atomic E-state index is 0.00706. The number of amides is 1. The summed E-state index contributed by atoms with van der Waals surface area (Å²) < 4.78 is 37.0. The largest absolute Gasteiger partial charge is 0.352 e. The van der Waals surface area contributed by atoms with Gasteiger partial charge < -0.3 is 5.32 Å². The lowest BCUT2D eigenvalue weighted by molar-refractivity contribution is -0.119. The average molecular weight is 438 g/mol. The fraction of sp³-hybridized carbons (Fsp3) is 0.278. The molecule has 1 aliphatic rings. The molecule has 28 heavy (non-hydrogen) atoms. The zero-order valence-electron chi connectivity index (χ0n) is 14.6. The lowest BCUT2D eigenvalue weighted by Gasteiger charge is -2.10. The van der Waals surface area contributed by atoms with Crippen LogP contribution in [0.2, 0.25) is 0 Å². The minimum Gasteiger partial charge on any atom is -0.352 e. The van der Waals surface area contributed by atoms with Crippen molar-refractivity contribution in [2.24, 2.45) is 0 Å². The number of carbonyl (C=O) groups excluding carboxylic acids is 1. The zero-order chi connectivity index (χ0) is 19.7. The van der Waals surface area contributed by atoms with Gasteiger partial charge in [-0.2, -0.15) is 0 Å². The Bertz CT molecular complexity index is 1130. The van der Waals surface area contributed by atoms with Crippen molar-refractivity contribution in [3.8, 4) is 10.4 Å². The van der Waals surface area contributed by atoms with Crippen LogP contribution in [0.5, 0.6) is 0 Å². The molecule has 0 aliphatic carbocycles. The summed E-state index contributed by atoms with van der Waals surface area (Å²) in [6.07, 6.45) is 1.91. The Labute approximate surface area is 169 Å². The molecule has 10 heteroatoms. The summed E-state index contributed by atoms with van der Waals surface area (Å²) in [5, 5.41) is 3.47. The Balaban J connectivity index is 1.46. The molecular weight excluding hydrogens is 421 g/mol. The second-order valence-electron chi connectivity index (χ2n) is 6.47. The predicted molar refractivity (Wildman–Crippen MR) is 109 cm³/mol. The van der Waals surface area contributed by atoms with Crippen LogP contribution in [-0.4, -0.2) is 47.6 Å². The number of hydrogen-bond acceptors (Lipinski definition) is 7. The standard InChI is InChI=1S/C18H16FN3O3S3/c19-12-3-1-11(2-4-12)15-7-14-17(27-15)18(21-10-20-14)26-8-16(23)22-13-5-6-28(24,25)9-13/h1-4,7,10,13H,5-6,8-9H2,(H,22,23)/t13-/m1/s1. The summed E-state index contributed by atoms with van der Waals surface area (Å²) in [7, 11) is -3.03. The van der Waals surface area contributed by atoms with E-state index in [0.717, 1.165) is 20.7 Å². The molecule has 4 rings (SSSR count). The topological polar surface area (TPSA) is 89.0 Å². The van der Waals surface area contributed by atoms with E-state index in [0.29, 0.717) is 11.4 Å². The van der Waals surface area contributed by atoms with Crippen LogP contribution in [0.4, 0.5) is 4.39 Å². The molecule has 2 aromatic heterocycles. The highest BCUT2D eigenvalue weighted by atomic mass is 32.2. The third kappa shape index (κ3) is 4.34. The number of nitrogens with zero attached hydrogens (tertiary/aromatic N) is 2. The molecule has 1 aliphatic heterocycles. The third-order valence-electron chi connectivity index (χ3n) is 4.34. The van der Waals surface area contributed by atoms with Gasteiger partial charge in [-0.05, 0) is 30.2 Å². The van der Waals surface area contributed by atoms with Crippen LogP contribution in [0.25, 0.3) is 20.7 Å². The summed E-state index contributed by atoms with van der Waals surface area (Å²) >= 11 is 2.78. The Hall–Kier alpha value is -2.04. The van der Waals surface area contributed by atoms with Gasteiger partial charge in [0.1, 0.15) is 17.2 Å².